The normalized spacial score (nSPS) is 41.5. The van der Waals surface area contributed by atoms with E-state index in [1.165, 1.54) is 0 Å². The number of ether oxygens (including phenoxy) is 1. The van der Waals surface area contributed by atoms with E-state index in [0.717, 1.165) is 30.5 Å². The molecule has 16 heavy (non-hydrogen) atoms. The molecule has 1 aliphatic carbocycles. The maximum atomic E-state index is 12.0. The molecule has 0 aromatic rings. The van der Waals surface area contributed by atoms with Crippen molar-refractivity contribution in [1.82, 2.24) is 0 Å². The van der Waals surface area contributed by atoms with E-state index < -0.39 is 6.23 Å². The maximum Gasteiger partial charge on any atom is 0.167 e. The Kier molecular flexibility index (Phi) is 2.23. The highest BCUT2D eigenvalue weighted by Crippen LogP contribution is 2.38. The Hall–Kier alpha value is -1.00. The summed E-state index contributed by atoms with van der Waals surface area (Å²) in [5.74, 6) is 0.182. The first-order chi connectivity index (χ1) is 7.70. The van der Waals surface area contributed by atoms with Crippen molar-refractivity contribution in [1.29, 1.82) is 0 Å². The quantitative estimate of drug-likeness (QED) is 0.714. The molecule has 4 atom stereocenters. The minimum Gasteiger partial charge on any atom is -0.368 e. The summed E-state index contributed by atoms with van der Waals surface area (Å²) in [7, 11) is 0. The second kappa shape index (κ2) is 3.50. The summed E-state index contributed by atoms with van der Waals surface area (Å²) in [5.41, 5.74) is 1.88. The number of Topliss-reactive ketones (excluding diaryl/α,β-unsaturated/α-hetero) is 1. The molecule has 4 nitrogen and oxygen atoms in total. The Balaban J connectivity index is 1.93. The smallest absolute Gasteiger partial charge is 0.167 e. The van der Waals surface area contributed by atoms with Gasteiger partial charge in [-0.25, -0.2) is 0 Å². The van der Waals surface area contributed by atoms with Gasteiger partial charge in [-0.05, 0) is 30.9 Å². The molecule has 2 fully saturated rings. The number of carbonyl (C=O) groups is 1. The van der Waals surface area contributed by atoms with E-state index in [1.807, 2.05) is 6.92 Å². The van der Waals surface area contributed by atoms with Crippen LogP contribution in [0.4, 0.5) is 0 Å². The SMILES string of the molecule is CCC1OC2C3=NC(O)C=C3CCC2C1=O. The number of nitrogens with zero attached hydrogens (tertiary/aromatic N) is 1. The molecule has 3 aliphatic rings. The van der Waals surface area contributed by atoms with Crippen LogP contribution in [0, 0.1) is 5.92 Å². The first-order valence-corrected chi connectivity index (χ1v) is 5.86. The lowest BCUT2D eigenvalue weighted by Gasteiger charge is -2.24. The molecule has 0 aromatic heterocycles. The van der Waals surface area contributed by atoms with Gasteiger partial charge in [0.25, 0.3) is 0 Å². The average molecular weight is 221 g/mol. The zero-order chi connectivity index (χ0) is 11.3. The maximum absolute atomic E-state index is 12.0. The molecule has 86 valence electrons. The van der Waals surface area contributed by atoms with Crippen LogP contribution in [0.1, 0.15) is 26.2 Å². The van der Waals surface area contributed by atoms with E-state index in [9.17, 15) is 9.90 Å². The van der Waals surface area contributed by atoms with Crippen LogP contribution in [0.3, 0.4) is 0 Å². The first-order valence-electron chi connectivity index (χ1n) is 5.86. The van der Waals surface area contributed by atoms with Gasteiger partial charge >= 0.3 is 0 Å². The van der Waals surface area contributed by atoms with Gasteiger partial charge in [0, 0.05) is 0 Å². The van der Waals surface area contributed by atoms with Gasteiger partial charge in [-0.15, -0.1) is 0 Å². The molecule has 4 heteroatoms. The summed E-state index contributed by atoms with van der Waals surface area (Å²) in [5, 5.41) is 9.46. The number of aliphatic hydroxyl groups is 1. The molecule has 0 spiro atoms. The highest BCUT2D eigenvalue weighted by molar-refractivity contribution is 6.10. The van der Waals surface area contributed by atoms with Gasteiger partial charge in [0.1, 0.15) is 12.2 Å². The molecule has 3 rings (SSSR count). The van der Waals surface area contributed by atoms with Crippen LogP contribution in [-0.2, 0) is 9.53 Å². The molecular weight excluding hydrogens is 206 g/mol. The van der Waals surface area contributed by atoms with Crippen LogP contribution >= 0.6 is 0 Å². The second-order valence-corrected chi connectivity index (χ2v) is 4.62. The van der Waals surface area contributed by atoms with Gasteiger partial charge in [-0.2, -0.15) is 0 Å². The summed E-state index contributed by atoms with van der Waals surface area (Å²) < 4.78 is 5.76. The number of aliphatic imine (C=N–C) groups is 1. The van der Waals surface area contributed by atoms with Crippen molar-refractivity contribution in [3.8, 4) is 0 Å². The lowest BCUT2D eigenvalue weighted by molar-refractivity contribution is -0.124. The van der Waals surface area contributed by atoms with Crippen molar-refractivity contribution in [3.63, 3.8) is 0 Å². The van der Waals surface area contributed by atoms with E-state index in [1.54, 1.807) is 6.08 Å². The zero-order valence-electron chi connectivity index (χ0n) is 9.22. The number of hydrogen-bond acceptors (Lipinski definition) is 4. The molecule has 4 unspecified atom stereocenters. The molecule has 1 N–H and O–H groups in total. The average Bonchev–Trinajstić information content (AvgIpc) is 2.78. The fourth-order valence-corrected chi connectivity index (χ4v) is 2.88. The number of carbonyl (C=O) groups excluding carboxylic acids is 1. The first kappa shape index (κ1) is 10.2. The number of ketones is 1. The molecule has 2 heterocycles. The van der Waals surface area contributed by atoms with Crippen LogP contribution in [0.15, 0.2) is 16.6 Å². The van der Waals surface area contributed by atoms with Gasteiger partial charge in [0.15, 0.2) is 12.0 Å². The molecule has 0 amide bonds. The van der Waals surface area contributed by atoms with E-state index in [0.29, 0.717) is 0 Å². The van der Waals surface area contributed by atoms with E-state index in [2.05, 4.69) is 4.99 Å². The largest absolute Gasteiger partial charge is 0.368 e. The molecule has 0 radical (unpaired) electrons. The van der Waals surface area contributed by atoms with Gasteiger partial charge in [0.2, 0.25) is 0 Å². The summed E-state index contributed by atoms with van der Waals surface area (Å²) >= 11 is 0. The van der Waals surface area contributed by atoms with Crippen LogP contribution in [-0.4, -0.2) is 35.0 Å². The zero-order valence-corrected chi connectivity index (χ0v) is 9.22. The predicted octanol–water partition coefficient (Wildman–Crippen LogP) is 0.842. The summed E-state index contributed by atoms with van der Waals surface area (Å²) in [6.45, 7) is 1.96. The molecule has 0 aromatic carbocycles. The second-order valence-electron chi connectivity index (χ2n) is 4.62. The highest BCUT2D eigenvalue weighted by atomic mass is 16.5. The van der Waals surface area contributed by atoms with E-state index in [-0.39, 0.29) is 23.9 Å². The molecule has 0 bridgehead atoms. The highest BCUT2D eigenvalue weighted by Gasteiger charge is 2.48. The van der Waals surface area contributed by atoms with Gasteiger partial charge in [-0.1, -0.05) is 6.92 Å². The third kappa shape index (κ3) is 1.30. The standard InChI is InChI=1S/C12H15NO3/c1-2-8-11(15)7-4-3-6-5-9(14)13-10(6)12(7)16-8/h5,7-9,12,14H,2-4H2,1H3. The molecular formula is C12H15NO3. The van der Waals surface area contributed by atoms with Gasteiger partial charge in [0.05, 0.1) is 11.6 Å². The lowest BCUT2D eigenvalue weighted by Crippen LogP contribution is -2.33. The fourth-order valence-electron chi connectivity index (χ4n) is 2.88. The Morgan fingerprint density at radius 1 is 1.62 bits per heavy atom. The van der Waals surface area contributed by atoms with Crippen LogP contribution < -0.4 is 0 Å². The molecule has 1 saturated carbocycles. The Morgan fingerprint density at radius 2 is 2.44 bits per heavy atom. The number of aliphatic hydroxyl groups excluding tert-OH is 1. The molecule has 2 aliphatic heterocycles. The Morgan fingerprint density at radius 3 is 3.19 bits per heavy atom. The third-order valence-corrected chi connectivity index (χ3v) is 3.67. The van der Waals surface area contributed by atoms with Crippen molar-refractivity contribution >= 4 is 11.5 Å². The summed E-state index contributed by atoms with van der Waals surface area (Å²) in [6.07, 6.45) is 2.95. The summed E-state index contributed by atoms with van der Waals surface area (Å²) in [6, 6.07) is 0. The fraction of sp³-hybridized carbons (Fsp3) is 0.667. The van der Waals surface area contributed by atoms with Gasteiger partial charge < -0.3 is 9.84 Å². The topological polar surface area (TPSA) is 58.9 Å². The Bertz CT molecular complexity index is 399. The third-order valence-electron chi connectivity index (χ3n) is 3.67. The number of hydrogen-bond donors (Lipinski definition) is 1. The van der Waals surface area contributed by atoms with Gasteiger partial charge in [-0.3, -0.25) is 9.79 Å². The van der Waals surface area contributed by atoms with Crippen molar-refractivity contribution in [3.05, 3.63) is 11.6 Å². The molecule has 1 saturated heterocycles. The van der Waals surface area contributed by atoms with Crippen molar-refractivity contribution in [2.75, 3.05) is 0 Å². The monoisotopic (exact) mass is 221 g/mol. The number of fused-ring (bicyclic) bond motifs is 3. The van der Waals surface area contributed by atoms with Crippen molar-refractivity contribution < 1.29 is 14.6 Å². The number of rotatable bonds is 1. The minimum atomic E-state index is -0.733. The van der Waals surface area contributed by atoms with Crippen molar-refractivity contribution in [2.45, 2.75) is 44.6 Å². The summed E-state index contributed by atoms with van der Waals surface area (Å²) in [4.78, 5) is 16.1. The predicted molar refractivity (Wildman–Crippen MR) is 58.2 cm³/mol. The lowest BCUT2D eigenvalue weighted by atomic mass is 9.81. The van der Waals surface area contributed by atoms with Crippen LogP contribution in [0.5, 0.6) is 0 Å². The van der Waals surface area contributed by atoms with E-state index >= 15 is 0 Å². The van der Waals surface area contributed by atoms with Crippen molar-refractivity contribution in [2.24, 2.45) is 10.9 Å². The van der Waals surface area contributed by atoms with Crippen LogP contribution in [0.25, 0.3) is 0 Å². The van der Waals surface area contributed by atoms with E-state index in [4.69, 9.17) is 4.74 Å². The van der Waals surface area contributed by atoms with Crippen LogP contribution in [0.2, 0.25) is 0 Å². The Labute approximate surface area is 94.0 Å². The minimum absolute atomic E-state index is 0.0360.